The maximum absolute atomic E-state index is 12.9. The van der Waals surface area contributed by atoms with Crippen LogP contribution in [-0.4, -0.2) is 48.5 Å². The second-order valence-corrected chi connectivity index (χ2v) is 6.51. The van der Waals surface area contributed by atoms with Gasteiger partial charge in [0.1, 0.15) is 0 Å². The van der Waals surface area contributed by atoms with Crippen LogP contribution in [-0.2, 0) is 4.79 Å². The first kappa shape index (κ1) is 16.2. The maximum atomic E-state index is 12.9. The zero-order valence-electron chi connectivity index (χ0n) is 13.0. The molecule has 2 N–H and O–H groups in total. The average Bonchev–Trinajstić information content (AvgIpc) is 2.94. The lowest BCUT2D eigenvalue weighted by Crippen LogP contribution is -2.48. The predicted molar refractivity (Wildman–Crippen MR) is 87.6 cm³/mol. The van der Waals surface area contributed by atoms with Crippen LogP contribution in [0.3, 0.4) is 0 Å². The molecule has 1 amide bonds. The molecule has 118 valence electrons. The number of carbonyl (C=O) groups is 1. The van der Waals surface area contributed by atoms with E-state index in [9.17, 15) is 4.79 Å². The topological polar surface area (TPSA) is 62.5 Å². The zero-order chi connectivity index (χ0) is 15.3. The molecule has 0 unspecified atom stereocenters. The van der Waals surface area contributed by atoms with Crippen LogP contribution in [0.5, 0.6) is 0 Å². The summed E-state index contributed by atoms with van der Waals surface area (Å²) in [5.74, 6) is 0.232. The number of carbonyl (C=O) groups excluding carboxylic acids is 1. The van der Waals surface area contributed by atoms with Gasteiger partial charge in [-0.2, -0.15) is 0 Å². The molecule has 1 fully saturated rings. The van der Waals surface area contributed by atoms with E-state index in [1.807, 2.05) is 16.5 Å². The van der Waals surface area contributed by atoms with E-state index in [1.165, 1.54) is 0 Å². The number of hydrogen-bond donors (Lipinski definition) is 1. The molecule has 0 atom stereocenters. The number of anilines is 1. The number of hydrogen-bond acceptors (Lipinski definition) is 5. The minimum Gasteiger partial charge on any atom is -0.346 e. The van der Waals surface area contributed by atoms with Gasteiger partial charge in [0.2, 0.25) is 5.91 Å². The van der Waals surface area contributed by atoms with E-state index in [0.29, 0.717) is 6.54 Å². The largest absolute Gasteiger partial charge is 0.346 e. The Morgan fingerprint density at radius 2 is 2.10 bits per heavy atom. The van der Waals surface area contributed by atoms with Crippen molar-refractivity contribution < 1.29 is 4.79 Å². The Bertz CT molecular complexity index is 436. The summed E-state index contributed by atoms with van der Waals surface area (Å²) in [5, 5.41) is 3.05. The molecule has 0 bridgehead atoms. The molecule has 0 radical (unpaired) electrons. The summed E-state index contributed by atoms with van der Waals surface area (Å²) in [6, 6.07) is 0. The second kappa shape index (κ2) is 7.22. The van der Waals surface area contributed by atoms with Crippen LogP contribution in [0.4, 0.5) is 5.13 Å². The van der Waals surface area contributed by atoms with Gasteiger partial charge in [0, 0.05) is 44.3 Å². The number of aromatic nitrogens is 1. The summed E-state index contributed by atoms with van der Waals surface area (Å²) in [4.78, 5) is 21.5. The number of nitrogens with two attached hydrogens (primary N) is 1. The van der Waals surface area contributed by atoms with Crippen molar-refractivity contribution in [3.63, 3.8) is 0 Å². The molecule has 5 nitrogen and oxygen atoms in total. The van der Waals surface area contributed by atoms with E-state index in [0.717, 1.165) is 50.6 Å². The van der Waals surface area contributed by atoms with Gasteiger partial charge in [-0.3, -0.25) is 4.79 Å². The lowest BCUT2D eigenvalue weighted by Gasteiger charge is -2.34. The Hall–Kier alpha value is -1.14. The Morgan fingerprint density at radius 3 is 2.67 bits per heavy atom. The van der Waals surface area contributed by atoms with E-state index < -0.39 is 0 Å². The van der Waals surface area contributed by atoms with Crippen LogP contribution in [0, 0.1) is 5.41 Å². The summed E-state index contributed by atoms with van der Waals surface area (Å²) >= 11 is 1.66. The van der Waals surface area contributed by atoms with Crippen molar-refractivity contribution in [2.45, 2.75) is 33.1 Å². The minimum atomic E-state index is -0.379. The Labute approximate surface area is 131 Å². The third-order valence-electron chi connectivity index (χ3n) is 4.67. The molecule has 0 spiro atoms. The quantitative estimate of drug-likeness (QED) is 0.903. The van der Waals surface area contributed by atoms with Crippen molar-refractivity contribution in [1.82, 2.24) is 9.88 Å². The van der Waals surface area contributed by atoms with Crippen LogP contribution in [0.1, 0.15) is 33.1 Å². The van der Waals surface area contributed by atoms with Gasteiger partial charge in [-0.05, 0) is 19.3 Å². The van der Waals surface area contributed by atoms with Crippen LogP contribution in [0.25, 0.3) is 0 Å². The summed E-state index contributed by atoms with van der Waals surface area (Å²) in [6.07, 6.45) is 4.44. The van der Waals surface area contributed by atoms with Crippen molar-refractivity contribution in [3.8, 4) is 0 Å². The van der Waals surface area contributed by atoms with Crippen LogP contribution < -0.4 is 10.6 Å². The number of amides is 1. The van der Waals surface area contributed by atoms with Gasteiger partial charge < -0.3 is 15.5 Å². The van der Waals surface area contributed by atoms with Crippen molar-refractivity contribution in [3.05, 3.63) is 11.6 Å². The Kier molecular flexibility index (Phi) is 5.58. The van der Waals surface area contributed by atoms with Gasteiger partial charge in [-0.1, -0.05) is 13.8 Å². The number of rotatable bonds is 5. The molecule has 1 aromatic rings. The fraction of sp³-hybridized carbons (Fsp3) is 0.733. The molecule has 6 heteroatoms. The van der Waals surface area contributed by atoms with Crippen LogP contribution in [0.15, 0.2) is 11.6 Å². The molecular weight excluding hydrogens is 284 g/mol. The smallest absolute Gasteiger partial charge is 0.230 e. The summed E-state index contributed by atoms with van der Waals surface area (Å²) in [5.41, 5.74) is 5.54. The molecule has 0 saturated carbocycles. The molecule has 2 heterocycles. The standard InChI is InChI=1S/C15H26N4OS/c1-3-15(4-2,12-16)13(20)18-7-5-8-19(10-9-18)14-17-6-11-21-14/h6,11H,3-5,7-10,12,16H2,1-2H3. The van der Waals surface area contributed by atoms with Crippen molar-refractivity contribution in [2.24, 2.45) is 11.1 Å². The lowest BCUT2D eigenvalue weighted by atomic mass is 9.81. The highest BCUT2D eigenvalue weighted by molar-refractivity contribution is 7.13. The average molecular weight is 310 g/mol. The summed E-state index contributed by atoms with van der Waals surface area (Å²) < 4.78 is 0. The monoisotopic (exact) mass is 310 g/mol. The Balaban J connectivity index is 2.04. The van der Waals surface area contributed by atoms with Gasteiger partial charge in [0.15, 0.2) is 5.13 Å². The number of nitrogens with zero attached hydrogens (tertiary/aromatic N) is 3. The minimum absolute atomic E-state index is 0.232. The first-order valence-electron chi connectivity index (χ1n) is 7.80. The van der Waals surface area contributed by atoms with Crippen molar-refractivity contribution in [2.75, 3.05) is 37.6 Å². The van der Waals surface area contributed by atoms with E-state index >= 15 is 0 Å². The molecule has 1 aliphatic heterocycles. The zero-order valence-corrected chi connectivity index (χ0v) is 13.9. The van der Waals surface area contributed by atoms with Gasteiger partial charge in [-0.25, -0.2) is 4.98 Å². The first-order chi connectivity index (χ1) is 10.2. The third kappa shape index (κ3) is 3.37. The highest BCUT2D eigenvalue weighted by Crippen LogP contribution is 2.28. The third-order valence-corrected chi connectivity index (χ3v) is 5.50. The van der Waals surface area contributed by atoms with E-state index in [4.69, 9.17) is 5.73 Å². The fourth-order valence-electron chi connectivity index (χ4n) is 2.95. The SMILES string of the molecule is CCC(CC)(CN)C(=O)N1CCCN(c2nccs2)CC1. The maximum Gasteiger partial charge on any atom is 0.230 e. The Morgan fingerprint density at radius 1 is 1.33 bits per heavy atom. The summed E-state index contributed by atoms with van der Waals surface area (Å²) in [6.45, 7) is 7.97. The van der Waals surface area contributed by atoms with Crippen molar-refractivity contribution >= 4 is 22.4 Å². The molecular formula is C15H26N4OS. The first-order valence-corrected chi connectivity index (χ1v) is 8.68. The van der Waals surface area contributed by atoms with Gasteiger partial charge in [-0.15, -0.1) is 11.3 Å². The van der Waals surface area contributed by atoms with Crippen LogP contribution in [0.2, 0.25) is 0 Å². The molecule has 0 aliphatic carbocycles. The summed E-state index contributed by atoms with van der Waals surface area (Å²) in [7, 11) is 0. The van der Waals surface area contributed by atoms with E-state index in [1.54, 1.807) is 11.3 Å². The molecule has 0 aromatic carbocycles. The molecule has 1 aliphatic rings. The highest BCUT2D eigenvalue weighted by atomic mass is 32.1. The second-order valence-electron chi connectivity index (χ2n) is 5.64. The van der Waals surface area contributed by atoms with Gasteiger partial charge in [0.25, 0.3) is 0 Å². The van der Waals surface area contributed by atoms with Gasteiger partial charge >= 0.3 is 0 Å². The highest BCUT2D eigenvalue weighted by Gasteiger charge is 2.37. The lowest BCUT2D eigenvalue weighted by molar-refractivity contribution is -0.142. The predicted octanol–water partition coefficient (Wildman–Crippen LogP) is 1.95. The van der Waals surface area contributed by atoms with E-state index in [2.05, 4.69) is 23.7 Å². The van der Waals surface area contributed by atoms with E-state index in [-0.39, 0.29) is 11.3 Å². The molecule has 1 aromatic heterocycles. The van der Waals surface area contributed by atoms with Gasteiger partial charge in [0.05, 0.1) is 5.41 Å². The molecule has 2 rings (SSSR count). The normalized spacial score (nSPS) is 16.9. The number of thiazole rings is 1. The van der Waals surface area contributed by atoms with Crippen molar-refractivity contribution in [1.29, 1.82) is 0 Å². The molecule has 21 heavy (non-hydrogen) atoms. The molecule has 1 saturated heterocycles. The van der Waals surface area contributed by atoms with Crippen LogP contribution >= 0.6 is 11.3 Å². The fourth-order valence-corrected chi connectivity index (χ4v) is 3.64.